The number of hydrogen-bond acceptors (Lipinski definition) is 5. The largest absolute Gasteiger partial charge is 0.507 e. The highest BCUT2D eigenvalue weighted by Gasteiger charge is 2.47. The average Bonchev–Trinajstić information content (AvgIpc) is 3.36. The Balaban J connectivity index is 1.80. The Morgan fingerprint density at radius 2 is 1.81 bits per heavy atom. The molecule has 31 heavy (non-hydrogen) atoms. The van der Waals surface area contributed by atoms with E-state index in [2.05, 4.69) is 0 Å². The summed E-state index contributed by atoms with van der Waals surface area (Å²) in [6, 6.07) is 13.5. The predicted molar refractivity (Wildman–Crippen MR) is 120 cm³/mol. The number of hydrogen-bond donors (Lipinski definition) is 1. The van der Waals surface area contributed by atoms with E-state index in [9.17, 15) is 14.7 Å². The van der Waals surface area contributed by atoms with E-state index in [-0.39, 0.29) is 17.4 Å². The third kappa shape index (κ3) is 4.18. The van der Waals surface area contributed by atoms with Crippen molar-refractivity contribution < 1.29 is 19.4 Å². The van der Waals surface area contributed by atoms with E-state index in [1.165, 1.54) is 4.90 Å². The molecule has 2 aromatic carbocycles. The van der Waals surface area contributed by atoms with Crippen LogP contribution in [0.2, 0.25) is 5.02 Å². The van der Waals surface area contributed by atoms with Gasteiger partial charge < -0.3 is 19.6 Å². The second-order valence-corrected chi connectivity index (χ2v) is 8.52. The Bertz CT molecular complexity index is 1010. The number of carbonyl (C=O) groups excluding carboxylic acids is 2. The number of halogens is 1. The first-order valence-electron chi connectivity index (χ1n) is 10.3. The van der Waals surface area contributed by atoms with Crippen molar-refractivity contribution in [3.63, 3.8) is 0 Å². The van der Waals surface area contributed by atoms with Crippen LogP contribution in [0.4, 0.5) is 5.69 Å². The van der Waals surface area contributed by atoms with Crippen molar-refractivity contribution in [3.05, 3.63) is 70.3 Å². The molecule has 0 aromatic heterocycles. The molecule has 0 unspecified atom stereocenters. The van der Waals surface area contributed by atoms with Gasteiger partial charge in [-0.05, 0) is 54.8 Å². The fourth-order valence-corrected chi connectivity index (χ4v) is 4.27. The minimum absolute atomic E-state index is 0.0860. The molecule has 2 fully saturated rings. The zero-order valence-corrected chi connectivity index (χ0v) is 18.3. The summed E-state index contributed by atoms with van der Waals surface area (Å²) in [5.41, 5.74) is 2.29. The van der Waals surface area contributed by atoms with Crippen LogP contribution in [-0.4, -0.2) is 55.0 Å². The fourth-order valence-electron chi connectivity index (χ4n) is 4.14. The standard InChI is InChI=1S/C24H25ClN2O4/c1-26(2)18-11-7-15(8-12-18)21-20(22(28)16-5-9-17(25)10-6-16)23(29)24(30)27(21)14-19-4-3-13-31-19/h5-12,19,21,28H,3-4,13-14H2,1-2H3/t19-,21+/m1/s1. The van der Waals surface area contributed by atoms with Crippen LogP contribution in [0.3, 0.4) is 0 Å². The number of Topliss-reactive ketones (excluding diaryl/α,β-unsaturated/α-hetero) is 1. The van der Waals surface area contributed by atoms with Crippen LogP contribution in [0.25, 0.3) is 5.76 Å². The first kappa shape index (κ1) is 21.4. The van der Waals surface area contributed by atoms with E-state index in [1.807, 2.05) is 43.3 Å². The van der Waals surface area contributed by atoms with Gasteiger partial charge in [0.25, 0.3) is 11.7 Å². The molecule has 1 amide bonds. The van der Waals surface area contributed by atoms with Crippen molar-refractivity contribution in [2.75, 3.05) is 32.1 Å². The van der Waals surface area contributed by atoms with Crippen LogP contribution in [-0.2, 0) is 14.3 Å². The quantitative estimate of drug-likeness (QED) is 0.432. The van der Waals surface area contributed by atoms with Crippen molar-refractivity contribution in [1.82, 2.24) is 4.90 Å². The molecule has 0 aliphatic carbocycles. The number of benzene rings is 2. The number of ether oxygens (including phenoxy) is 1. The molecule has 0 spiro atoms. The molecule has 2 aliphatic heterocycles. The van der Waals surface area contributed by atoms with Crippen LogP contribution >= 0.6 is 11.6 Å². The number of aliphatic hydroxyl groups is 1. The van der Waals surface area contributed by atoms with E-state index >= 15 is 0 Å². The van der Waals surface area contributed by atoms with Gasteiger partial charge in [-0.15, -0.1) is 0 Å². The minimum Gasteiger partial charge on any atom is -0.507 e. The summed E-state index contributed by atoms with van der Waals surface area (Å²) in [5.74, 6) is -1.51. The lowest BCUT2D eigenvalue weighted by molar-refractivity contribution is -0.140. The summed E-state index contributed by atoms with van der Waals surface area (Å²) in [6.07, 6.45) is 1.66. The third-order valence-electron chi connectivity index (χ3n) is 5.81. The van der Waals surface area contributed by atoms with Gasteiger partial charge >= 0.3 is 0 Å². The number of anilines is 1. The molecular formula is C24H25ClN2O4. The average molecular weight is 441 g/mol. The van der Waals surface area contributed by atoms with Gasteiger partial charge in [0.2, 0.25) is 0 Å². The first-order chi connectivity index (χ1) is 14.9. The number of ketones is 1. The number of carbonyl (C=O) groups is 2. The fraction of sp³-hybridized carbons (Fsp3) is 0.333. The molecule has 2 heterocycles. The van der Waals surface area contributed by atoms with Gasteiger partial charge in [0.05, 0.1) is 17.7 Å². The van der Waals surface area contributed by atoms with Gasteiger partial charge in [-0.1, -0.05) is 23.7 Å². The molecule has 2 aliphatic rings. The van der Waals surface area contributed by atoms with Crippen LogP contribution in [0, 0.1) is 0 Å². The molecule has 1 N–H and O–H groups in total. The smallest absolute Gasteiger partial charge is 0.295 e. The Hall–Kier alpha value is -2.83. The van der Waals surface area contributed by atoms with Gasteiger partial charge in [-0.3, -0.25) is 9.59 Å². The van der Waals surface area contributed by atoms with E-state index in [4.69, 9.17) is 16.3 Å². The second kappa shape index (κ2) is 8.73. The minimum atomic E-state index is -0.688. The van der Waals surface area contributed by atoms with E-state index in [0.717, 1.165) is 24.1 Å². The molecule has 2 atom stereocenters. The molecule has 6 nitrogen and oxygen atoms in total. The maximum atomic E-state index is 13.0. The molecule has 2 saturated heterocycles. The van der Waals surface area contributed by atoms with Crippen molar-refractivity contribution in [1.29, 1.82) is 0 Å². The van der Waals surface area contributed by atoms with E-state index in [0.29, 0.717) is 23.7 Å². The monoisotopic (exact) mass is 440 g/mol. The van der Waals surface area contributed by atoms with E-state index < -0.39 is 17.7 Å². The van der Waals surface area contributed by atoms with Crippen LogP contribution < -0.4 is 4.90 Å². The first-order valence-corrected chi connectivity index (χ1v) is 10.7. The summed E-state index contributed by atoms with van der Waals surface area (Å²) in [4.78, 5) is 29.5. The molecule has 162 valence electrons. The highest BCUT2D eigenvalue weighted by Crippen LogP contribution is 2.40. The Morgan fingerprint density at radius 3 is 2.39 bits per heavy atom. The Morgan fingerprint density at radius 1 is 1.13 bits per heavy atom. The summed E-state index contributed by atoms with van der Waals surface area (Å²) in [6.45, 7) is 0.962. The summed E-state index contributed by atoms with van der Waals surface area (Å²) >= 11 is 5.97. The van der Waals surface area contributed by atoms with Crippen LogP contribution in [0.15, 0.2) is 54.1 Å². The lowest BCUT2D eigenvalue weighted by Gasteiger charge is -2.28. The number of likely N-dealkylation sites (tertiary alicyclic amines) is 1. The van der Waals surface area contributed by atoms with Crippen molar-refractivity contribution >= 4 is 34.7 Å². The molecule has 0 saturated carbocycles. The Labute approximate surface area is 186 Å². The van der Waals surface area contributed by atoms with Crippen LogP contribution in [0.5, 0.6) is 0 Å². The van der Waals surface area contributed by atoms with Crippen molar-refractivity contribution in [3.8, 4) is 0 Å². The zero-order chi connectivity index (χ0) is 22.1. The molecule has 4 rings (SSSR count). The molecular weight excluding hydrogens is 416 g/mol. The molecule has 7 heteroatoms. The lowest BCUT2D eigenvalue weighted by atomic mass is 9.95. The molecule has 0 bridgehead atoms. The molecule has 2 aromatic rings. The van der Waals surface area contributed by atoms with Crippen molar-refractivity contribution in [2.45, 2.75) is 25.0 Å². The number of aliphatic hydroxyl groups excluding tert-OH is 1. The highest BCUT2D eigenvalue weighted by atomic mass is 35.5. The number of nitrogens with zero attached hydrogens (tertiary/aromatic N) is 2. The van der Waals surface area contributed by atoms with Gasteiger partial charge in [-0.2, -0.15) is 0 Å². The summed E-state index contributed by atoms with van der Waals surface area (Å²) < 4.78 is 5.72. The number of rotatable bonds is 5. The van der Waals surface area contributed by atoms with Crippen molar-refractivity contribution in [2.24, 2.45) is 0 Å². The predicted octanol–water partition coefficient (Wildman–Crippen LogP) is 4.01. The topological polar surface area (TPSA) is 70.1 Å². The lowest BCUT2D eigenvalue weighted by Crippen LogP contribution is -2.36. The maximum Gasteiger partial charge on any atom is 0.295 e. The summed E-state index contributed by atoms with van der Waals surface area (Å²) in [7, 11) is 3.89. The SMILES string of the molecule is CN(C)c1ccc([C@H]2C(=C(O)c3ccc(Cl)cc3)C(=O)C(=O)N2C[C@H]2CCCO2)cc1. The Kier molecular flexibility index (Phi) is 6.03. The number of amides is 1. The van der Waals surface area contributed by atoms with Gasteiger partial charge in [0.15, 0.2) is 0 Å². The third-order valence-corrected chi connectivity index (χ3v) is 6.06. The molecule has 0 radical (unpaired) electrons. The maximum absolute atomic E-state index is 13.0. The van der Waals surface area contributed by atoms with Gasteiger partial charge in [-0.25, -0.2) is 0 Å². The van der Waals surface area contributed by atoms with Gasteiger partial charge in [0, 0.05) is 43.5 Å². The normalized spacial score (nSPS) is 22.9. The second-order valence-electron chi connectivity index (χ2n) is 8.08. The van der Waals surface area contributed by atoms with Gasteiger partial charge in [0.1, 0.15) is 5.76 Å². The zero-order valence-electron chi connectivity index (χ0n) is 17.5. The summed E-state index contributed by atoms with van der Waals surface area (Å²) in [5, 5.41) is 11.6. The van der Waals surface area contributed by atoms with E-state index in [1.54, 1.807) is 24.3 Å². The highest BCUT2D eigenvalue weighted by molar-refractivity contribution is 6.46. The van der Waals surface area contributed by atoms with Crippen LogP contribution in [0.1, 0.15) is 30.0 Å².